The third-order valence-electron chi connectivity index (χ3n) is 2.02. The van der Waals surface area contributed by atoms with Gasteiger partial charge in [-0.3, -0.25) is 4.79 Å². The second kappa shape index (κ2) is 5.90. The monoisotopic (exact) mass is 257 g/mol. The third-order valence-corrected chi connectivity index (χ3v) is 3.26. The molecular weight excluding hydrogens is 242 g/mol. The summed E-state index contributed by atoms with van der Waals surface area (Å²) in [7, 11) is -3.68. The molecule has 1 aromatic rings. The predicted octanol–water partition coefficient (Wildman–Crippen LogP) is 0.169. The molecule has 17 heavy (non-hydrogen) atoms. The number of Topliss-reactive ketones (excluding diaryl/α,β-unsaturated/α-hetero) is 1. The SMILES string of the molecule is C[C@@H](O)CNS(=O)(=O)CC(=O)c1ccccc1. The van der Waals surface area contributed by atoms with Gasteiger partial charge in [0.2, 0.25) is 10.0 Å². The zero-order chi connectivity index (χ0) is 12.9. The van der Waals surface area contributed by atoms with Crippen LogP contribution in [-0.4, -0.2) is 37.7 Å². The summed E-state index contributed by atoms with van der Waals surface area (Å²) in [5.74, 6) is -1.08. The van der Waals surface area contributed by atoms with E-state index < -0.39 is 27.7 Å². The molecule has 0 aliphatic heterocycles. The van der Waals surface area contributed by atoms with Crippen molar-refractivity contribution >= 4 is 15.8 Å². The molecule has 94 valence electrons. The van der Waals surface area contributed by atoms with Crippen LogP contribution in [0.3, 0.4) is 0 Å². The zero-order valence-corrected chi connectivity index (χ0v) is 10.3. The van der Waals surface area contributed by atoms with Crippen LogP contribution in [0.4, 0.5) is 0 Å². The van der Waals surface area contributed by atoms with Crippen molar-refractivity contribution in [1.29, 1.82) is 0 Å². The molecule has 0 aromatic heterocycles. The number of sulfonamides is 1. The Morgan fingerprint density at radius 3 is 2.47 bits per heavy atom. The van der Waals surface area contributed by atoms with Gasteiger partial charge in [0.15, 0.2) is 5.78 Å². The maximum absolute atomic E-state index is 11.6. The van der Waals surface area contributed by atoms with Gasteiger partial charge in [0.05, 0.1) is 6.10 Å². The molecule has 0 saturated heterocycles. The molecule has 0 amide bonds. The normalized spacial score (nSPS) is 13.3. The van der Waals surface area contributed by atoms with Gasteiger partial charge in [-0.15, -0.1) is 0 Å². The Labute approximate surface area is 101 Å². The second-order valence-electron chi connectivity index (χ2n) is 3.75. The van der Waals surface area contributed by atoms with Gasteiger partial charge in [-0.25, -0.2) is 13.1 Å². The lowest BCUT2D eigenvalue weighted by Crippen LogP contribution is -2.34. The molecule has 0 radical (unpaired) electrons. The third kappa shape index (κ3) is 5.08. The van der Waals surface area contributed by atoms with Crippen molar-refractivity contribution in [3.8, 4) is 0 Å². The highest BCUT2D eigenvalue weighted by molar-refractivity contribution is 7.90. The van der Waals surface area contributed by atoms with E-state index in [2.05, 4.69) is 4.72 Å². The lowest BCUT2D eigenvalue weighted by atomic mass is 10.2. The molecule has 0 bridgehead atoms. The summed E-state index contributed by atoms with van der Waals surface area (Å²) >= 11 is 0. The lowest BCUT2D eigenvalue weighted by Gasteiger charge is -2.07. The molecule has 0 aliphatic carbocycles. The quantitative estimate of drug-likeness (QED) is 0.712. The van der Waals surface area contributed by atoms with Gasteiger partial charge in [-0.1, -0.05) is 30.3 Å². The molecule has 6 heteroatoms. The number of hydrogen-bond donors (Lipinski definition) is 2. The molecule has 1 aromatic carbocycles. The summed E-state index contributed by atoms with van der Waals surface area (Å²) in [6.45, 7) is 1.37. The van der Waals surface area contributed by atoms with E-state index in [9.17, 15) is 13.2 Å². The van der Waals surface area contributed by atoms with Crippen LogP contribution in [-0.2, 0) is 10.0 Å². The Morgan fingerprint density at radius 1 is 1.35 bits per heavy atom. The first kappa shape index (κ1) is 13.8. The Kier molecular flexibility index (Phi) is 4.80. The summed E-state index contributed by atoms with van der Waals surface area (Å²) < 4.78 is 25.1. The Morgan fingerprint density at radius 2 is 1.94 bits per heavy atom. The first-order valence-electron chi connectivity index (χ1n) is 5.14. The highest BCUT2D eigenvalue weighted by Crippen LogP contribution is 2.01. The molecule has 0 heterocycles. The maximum atomic E-state index is 11.6. The fraction of sp³-hybridized carbons (Fsp3) is 0.364. The van der Waals surface area contributed by atoms with E-state index in [0.717, 1.165) is 0 Å². The van der Waals surface area contributed by atoms with Gasteiger partial charge in [-0.05, 0) is 6.92 Å². The van der Waals surface area contributed by atoms with Gasteiger partial charge in [0.25, 0.3) is 0 Å². The van der Waals surface area contributed by atoms with Crippen LogP contribution in [0.15, 0.2) is 30.3 Å². The van der Waals surface area contributed by atoms with E-state index in [1.165, 1.54) is 6.92 Å². The van der Waals surface area contributed by atoms with Crippen LogP contribution >= 0.6 is 0 Å². The predicted molar refractivity (Wildman–Crippen MR) is 64.2 cm³/mol. The van der Waals surface area contributed by atoms with Crippen molar-refractivity contribution in [1.82, 2.24) is 4.72 Å². The van der Waals surface area contributed by atoms with E-state index in [1.807, 2.05) is 0 Å². The van der Waals surface area contributed by atoms with Crippen LogP contribution in [0.2, 0.25) is 0 Å². The van der Waals surface area contributed by atoms with Gasteiger partial charge >= 0.3 is 0 Å². The Bertz CT molecular complexity index is 468. The van der Waals surface area contributed by atoms with Crippen LogP contribution in [0, 0.1) is 0 Å². The number of aliphatic hydroxyl groups is 1. The van der Waals surface area contributed by atoms with E-state index in [4.69, 9.17) is 5.11 Å². The van der Waals surface area contributed by atoms with Crippen LogP contribution in [0.5, 0.6) is 0 Å². The largest absolute Gasteiger partial charge is 0.392 e. The molecular formula is C11H15NO4S. The standard InChI is InChI=1S/C11H15NO4S/c1-9(13)7-12-17(15,16)8-11(14)10-5-3-2-4-6-10/h2-6,9,12-13H,7-8H2,1H3/t9-/m1/s1. The second-order valence-corrected chi connectivity index (χ2v) is 5.55. The van der Waals surface area contributed by atoms with Gasteiger partial charge < -0.3 is 5.11 Å². The van der Waals surface area contributed by atoms with Crippen LogP contribution in [0.25, 0.3) is 0 Å². The van der Waals surface area contributed by atoms with Crippen molar-refractivity contribution in [3.05, 3.63) is 35.9 Å². The number of nitrogens with one attached hydrogen (secondary N) is 1. The fourth-order valence-corrected chi connectivity index (χ4v) is 2.29. The molecule has 5 nitrogen and oxygen atoms in total. The highest BCUT2D eigenvalue weighted by Gasteiger charge is 2.17. The van der Waals surface area contributed by atoms with Crippen molar-refractivity contribution in [2.24, 2.45) is 0 Å². The molecule has 0 fully saturated rings. The summed E-state index contributed by atoms with van der Waals surface area (Å²) in [5, 5.41) is 8.95. The Hall–Kier alpha value is -1.24. The zero-order valence-electron chi connectivity index (χ0n) is 9.46. The molecule has 0 spiro atoms. The van der Waals surface area contributed by atoms with Gasteiger partial charge in [-0.2, -0.15) is 0 Å². The molecule has 0 saturated carbocycles. The number of benzene rings is 1. The average Bonchev–Trinajstić information content (AvgIpc) is 2.27. The first-order chi connectivity index (χ1) is 7.91. The van der Waals surface area contributed by atoms with E-state index in [-0.39, 0.29) is 6.54 Å². The number of hydrogen-bond acceptors (Lipinski definition) is 4. The molecule has 2 N–H and O–H groups in total. The summed E-state index contributed by atoms with van der Waals surface area (Å²) in [6, 6.07) is 8.21. The van der Waals surface area contributed by atoms with Crippen LogP contribution < -0.4 is 4.72 Å². The fourth-order valence-electron chi connectivity index (χ4n) is 1.18. The minimum Gasteiger partial charge on any atom is -0.392 e. The molecule has 1 rings (SSSR count). The number of carbonyl (C=O) groups excluding carboxylic acids is 1. The highest BCUT2D eigenvalue weighted by atomic mass is 32.2. The molecule has 1 atom stereocenters. The average molecular weight is 257 g/mol. The Balaban J connectivity index is 2.63. The molecule has 0 aliphatic rings. The van der Waals surface area contributed by atoms with Crippen molar-refractivity contribution in [3.63, 3.8) is 0 Å². The number of carbonyl (C=O) groups is 1. The number of aliphatic hydroxyl groups excluding tert-OH is 1. The number of rotatable bonds is 6. The van der Waals surface area contributed by atoms with E-state index in [1.54, 1.807) is 30.3 Å². The van der Waals surface area contributed by atoms with Crippen molar-refractivity contribution in [2.45, 2.75) is 13.0 Å². The van der Waals surface area contributed by atoms with Crippen molar-refractivity contribution in [2.75, 3.05) is 12.3 Å². The minimum atomic E-state index is -3.68. The van der Waals surface area contributed by atoms with Gasteiger partial charge in [0, 0.05) is 12.1 Å². The lowest BCUT2D eigenvalue weighted by molar-refractivity contribution is 0.102. The summed E-state index contributed by atoms with van der Waals surface area (Å²) in [5.41, 5.74) is 0.356. The minimum absolute atomic E-state index is 0.0929. The first-order valence-corrected chi connectivity index (χ1v) is 6.79. The van der Waals surface area contributed by atoms with E-state index >= 15 is 0 Å². The van der Waals surface area contributed by atoms with Crippen molar-refractivity contribution < 1.29 is 18.3 Å². The number of ketones is 1. The molecule has 0 unspecified atom stereocenters. The topological polar surface area (TPSA) is 83.5 Å². The van der Waals surface area contributed by atoms with Crippen LogP contribution in [0.1, 0.15) is 17.3 Å². The maximum Gasteiger partial charge on any atom is 0.219 e. The summed E-state index contributed by atoms with van der Waals surface area (Å²) in [6.07, 6.45) is -0.781. The smallest absolute Gasteiger partial charge is 0.219 e. The summed E-state index contributed by atoms with van der Waals surface area (Å²) in [4.78, 5) is 11.6. The van der Waals surface area contributed by atoms with E-state index in [0.29, 0.717) is 5.56 Å². The van der Waals surface area contributed by atoms with Gasteiger partial charge in [0.1, 0.15) is 5.75 Å².